The average Bonchev–Trinajstić information content (AvgIpc) is 3.84. The second-order valence-electron chi connectivity index (χ2n) is 13.4. The lowest BCUT2D eigenvalue weighted by atomic mass is 9.41. The summed E-state index contributed by atoms with van der Waals surface area (Å²) >= 11 is 0. The molecule has 6 aliphatic rings. The summed E-state index contributed by atoms with van der Waals surface area (Å²) in [6.07, 6.45) is 3.91. The molecule has 0 aromatic carbocycles. The monoisotopic (exact) mass is 583 g/mol. The number of carbonyl (C=O) groups excluding carboxylic acids is 2. The molecule has 1 saturated heterocycles. The Balaban J connectivity index is 1.12. The van der Waals surface area contributed by atoms with E-state index in [0.29, 0.717) is 40.2 Å². The molecule has 1 aliphatic heterocycles. The molecule has 2 amide bonds. The Labute approximate surface area is 239 Å². The van der Waals surface area contributed by atoms with Crippen LogP contribution < -0.4 is 5.32 Å². The van der Waals surface area contributed by atoms with E-state index < -0.39 is 47.8 Å². The van der Waals surface area contributed by atoms with E-state index in [-0.39, 0.29) is 43.3 Å². The molecule has 6 fully saturated rings. The van der Waals surface area contributed by atoms with Gasteiger partial charge in [-0.1, -0.05) is 5.16 Å². The molecule has 10 nitrogen and oxygen atoms in total. The van der Waals surface area contributed by atoms with Gasteiger partial charge >= 0.3 is 0 Å². The van der Waals surface area contributed by atoms with Crippen molar-refractivity contribution >= 4 is 23.0 Å². The highest BCUT2D eigenvalue weighted by Crippen LogP contribution is 2.70. The molecule has 3 aromatic heterocycles. The number of nitrogens with one attached hydrogen (secondary N) is 2. The van der Waals surface area contributed by atoms with Crippen molar-refractivity contribution in [2.24, 2.45) is 23.2 Å². The number of nitrogens with zero attached hydrogens (tertiary/aromatic N) is 5. The third-order valence-corrected chi connectivity index (χ3v) is 10.2. The first kappa shape index (κ1) is 26.1. The molecule has 3 aromatic rings. The maximum absolute atomic E-state index is 14.7. The van der Waals surface area contributed by atoms with E-state index in [2.05, 4.69) is 25.6 Å². The molecule has 9 rings (SSSR count). The number of likely N-dealkylation sites (tertiary alicyclic amines) is 1. The molecule has 42 heavy (non-hydrogen) atoms. The van der Waals surface area contributed by atoms with Crippen LogP contribution in [0.2, 0.25) is 0 Å². The van der Waals surface area contributed by atoms with Crippen LogP contribution in [-0.4, -0.2) is 60.1 Å². The van der Waals surface area contributed by atoms with Gasteiger partial charge in [0.15, 0.2) is 11.3 Å². The lowest BCUT2D eigenvalue weighted by molar-refractivity contribution is -0.227. The van der Waals surface area contributed by atoms with Crippen LogP contribution in [0.25, 0.3) is 11.2 Å². The fourth-order valence-corrected chi connectivity index (χ4v) is 7.78. The zero-order valence-corrected chi connectivity index (χ0v) is 23.2. The Morgan fingerprint density at radius 2 is 1.79 bits per heavy atom. The third-order valence-electron chi connectivity index (χ3n) is 10.2. The SMILES string of the molecule is Cc1nonc1C(=O)N[C@@H](c1nc2nc([C@H]3CC(F)(F)CCN3C(=O)C34CC(F)(C3)C4)ccc2[nH]1)C(C1CC1)C1CC1. The Bertz CT molecular complexity index is 1560. The summed E-state index contributed by atoms with van der Waals surface area (Å²) in [4.78, 5) is 41.0. The second kappa shape index (κ2) is 8.76. The van der Waals surface area contributed by atoms with Crippen LogP contribution in [0.15, 0.2) is 16.8 Å². The first-order valence-electron chi connectivity index (χ1n) is 14.9. The smallest absolute Gasteiger partial charge is 0.276 e. The van der Waals surface area contributed by atoms with Gasteiger partial charge in [-0.25, -0.2) is 27.8 Å². The van der Waals surface area contributed by atoms with Gasteiger partial charge in [-0.15, -0.1) is 0 Å². The van der Waals surface area contributed by atoms with E-state index >= 15 is 0 Å². The summed E-state index contributed by atoms with van der Waals surface area (Å²) in [7, 11) is 0. The minimum absolute atomic E-state index is 0.0993. The molecule has 13 heteroatoms. The van der Waals surface area contributed by atoms with Gasteiger partial charge in [0, 0.05) is 19.4 Å². The van der Waals surface area contributed by atoms with Gasteiger partial charge in [-0.2, -0.15) is 0 Å². The van der Waals surface area contributed by atoms with Crippen molar-refractivity contribution in [1.82, 2.24) is 35.5 Å². The van der Waals surface area contributed by atoms with Crippen LogP contribution in [-0.2, 0) is 4.79 Å². The number of pyridine rings is 1. The number of carbonyl (C=O) groups is 2. The molecule has 4 heterocycles. The highest BCUT2D eigenvalue weighted by atomic mass is 19.3. The first-order chi connectivity index (χ1) is 20.0. The number of rotatable bonds is 8. The zero-order valence-electron chi connectivity index (χ0n) is 23.2. The van der Waals surface area contributed by atoms with E-state index in [1.54, 1.807) is 19.1 Å². The maximum Gasteiger partial charge on any atom is 0.276 e. The fourth-order valence-electron chi connectivity index (χ4n) is 7.78. The van der Waals surface area contributed by atoms with Crippen LogP contribution in [0.3, 0.4) is 0 Å². The van der Waals surface area contributed by atoms with E-state index in [0.717, 1.165) is 25.7 Å². The molecule has 2 N–H and O–H groups in total. The van der Waals surface area contributed by atoms with Crippen molar-refractivity contribution in [2.75, 3.05) is 6.54 Å². The van der Waals surface area contributed by atoms with Gasteiger partial charge in [0.25, 0.3) is 11.8 Å². The van der Waals surface area contributed by atoms with Crippen molar-refractivity contribution in [2.45, 2.75) is 88.4 Å². The molecular weight excluding hydrogens is 551 g/mol. The Morgan fingerprint density at radius 1 is 1.07 bits per heavy atom. The highest BCUT2D eigenvalue weighted by Gasteiger charge is 2.74. The summed E-state index contributed by atoms with van der Waals surface area (Å²) in [5.41, 5.74) is -0.236. The van der Waals surface area contributed by atoms with Crippen molar-refractivity contribution < 1.29 is 27.4 Å². The van der Waals surface area contributed by atoms with E-state index in [9.17, 15) is 22.8 Å². The number of fused-ring (bicyclic) bond motifs is 1. The molecule has 222 valence electrons. The standard InChI is InChI=1S/C29H32F3N7O3/c1-14-21(38-42-37-14)25(40)35-22(20(15-2-3-15)16-4-5-16)24-34-18-7-6-17(33-23(18)36-24)19-10-29(31,32)8-9-39(19)26(41)27-11-28(30,12-27)13-27/h6-7,15-16,19-20,22H,2-5,8-13H2,1H3,(H,35,40)(H,33,34,36)/t19-,22-,27?,28?/m1/s1. The van der Waals surface area contributed by atoms with Gasteiger partial charge in [0.05, 0.1) is 28.7 Å². The van der Waals surface area contributed by atoms with Crippen LogP contribution in [0.5, 0.6) is 0 Å². The summed E-state index contributed by atoms with van der Waals surface area (Å²) in [5, 5.41) is 10.6. The van der Waals surface area contributed by atoms with Crippen LogP contribution >= 0.6 is 0 Å². The number of amides is 2. The summed E-state index contributed by atoms with van der Waals surface area (Å²) in [5.74, 6) is -1.91. The Kier molecular flexibility index (Phi) is 5.45. The predicted octanol–water partition coefficient (Wildman–Crippen LogP) is 4.75. The molecule has 5 saturated carbocycles. The Hall–Kier alpha value is -3.51. The van der Waals surface area contributed by atoms with Gasteiger partial charge in [-0.3, -0.25) is 9.59 Å². The number of halogens is 3. The number of hydrogen-bond acceptors (Lipinski definition) is 7. The normalized spacial score (nSPS) is 30.6. The lowest BCUT2D eigenvalue weighted by Crippen LogP contribution is -2.71. The van der Waals surface area contributed by atoms with E-state index in [1.165, 1.54) is 4.90 Å². The Morgan fingerprint density at radius 3 is 2.40 bits per heavy atom. The number of piperidine rings is 1. The number of H-pyrrole nitrogens is 1. The minimum Gasteiger partial charge on any atom is -0.340 e. The number of alkyl halides is 3. The maximum atomic E-state index is 14.7. The van der Waals surface area contributed by atoms with Crippen molar-refractivity contribution in [3.8, 4) is 0 Å². The van der Waals surface area contributed by atoms with Crippen LogP contribution in [0, 0.1) is 30.1 Å². The fraction of sp³-hybridized carbons (Fsp3) is 0.655. The van der Waals surface area contributed by atoms with Gasteiger partial charge in [0.2, 0.25) is 5.91 Å². The van der Waals surface area contributed by atoms with Gasteiger partial charge < -0.3 is 15.2 Å². The number of imidazole rings is 1. The summed E-state index contributed by atoms with van der Waals surface area (Å²) in [6.45, 7) is 1.55. The van der Waals surface area contributed by atoms with Gasteiger partial charge in [0.1, 0.15) is 17.2 Å². The number of aromatic amines is 1. The zero-order chi connectivity index (χ0) is 29.0. The average molecular weight is 584 g/mol. The summed E-state index contributed by atoms with van der Waals surface area (Å²) in [6, 6.07) is 2.04. The first-order valence-corrected chi connectivity index (χ1v) is 14.9. The lowest BCUT2D eigenvalue weighted by Gasteiger charge is -2.65. The molecular formula is C29H32F3N7O3. The molecule has 0 spiro atoms. The van der Waals surface area contributed by atoms with Gasteiger partial charge in [-0.05, 0) is 86.9 Å². The molecule has 0 radical (unpaired) electrons. The van der Waals surface area contributed by atoms with Crippen molar-refractivity contribution in [3.05, 3.63) is 35.0 Å². The van der Waals surface area contributed by atoms with Crippen molar-refractivity contribution in [3.63, 3.8) is 0 Å². The van der Waals surface area contributed by atoms with E-state index in [4.69, 9.17) is 9.61 Å². The molecule has 2 bridgehead atoms. The largest absolute Gasteiger partial charge is 0.340 e. The second-order valence-corrected chi connectivity index (χ2v) is 13.4. The molecule has 5 aliphatic carbocycles. The topological polar surface area (TPSA) is 130 Å². The molecule has 0 unspecified atom stereocenters. The van der Waals surface area contributed by atoms with E-state index in [1.807, 2.05) is 0 Å². The van der Waals surface area contributed by atoms with Crippen LogP contribution in [0.1, 0.15) is 97.6 Å². The molecule has 2 atom stereocenters. The van der Waals surface area contributed by atoms with Crippen LogP contribution in [0.4, 0.5) is 13.2 Å². The number of aromatic nitrogens is 5. The quantitative estimate of drug-likeness (QED) is 0.392. The minimum atomic E-state index is -2.94. The summed E-state index contributed by atoms with van der Waals surface area (Å²) < 4.78 is 48.3. The third kappa shape index (κ3) is 4.21. The highest BCUT2D eigenvalue weighted by molar-refractivity contribution is 5.93. The predicted molar refractivity (Wildman–Crippen MR) is 141 cm³/mol. The number of aryl methyl sites for hydroxylation is 1. The van der Waals surface area contributed by atoms with Crippen molar-refractivity contribution in [1.29, 1.82) is 0 Å². The number of hydrogen-bond donors (Lipinski definition) is 2.